The van der Waals surface area contributed by atoms with E-state index in [1.807, 2.05) is 13.0 Å². The van der Waals surface area contributed by atoms with Gasteiger partial charge in [-0.1, -0.05) is 13.0 Å². The molecule has 0 aliphatic heterocycles. The zero-order valence-electron chi connectivity index (χ0n) is 9.22. The van der Waals surface area contributed by atoms with Crippen molar-refractivity contribution in [3.8, 4) is 0 Å². The van der Waals surface area contributed by atoms with Gasteiger partial charge in [-0.3, -0.25) is 4.40 Å². The summed E-state index contributed by atoms with van der Waals surface area (Å²) in [5, 5.41) is 0.120. The summed E-state index contributed by atoms with van der Waals surface area (Å²) in [6.45, 7) is 2.01. The quantitative estimate of drug-likeness (QED) is 0.787. The van der Waals surface area contributed by atoms with Gasteiger partial charge in [-0.2, -0.15) is 0 Å². The minimum atomic E-state index is -3.79. The molecule has 0 N–H and O–H groups in total. The average molecular weight is 271 g/mol. The Kier molecular flexibility index (Phi) is 2.10. The second kappa shape index (κ2) is 3.23. The van der Waals surface area contributed by atoms with Gasteiger partial charge in [0, 0.05) is 22.3 Å². The predicted molar refractivity (Wildman–Crippen MR) is 64.8 cm³/mol. The highest BCUT2D eigenvalue weighted by atomic mass is 35.7. The molecular formula is C11H11ClN2O2S. The molecule has 4 nitrogen and oxygen atoms in total. The van der Waals surface area contributed by atoms with Gasteiger partial charge < -0.3 is 0 Å². The molecule has 0 bridgehead atoms. The molecule has 0 spiro atoms. The first-order valence-electron chi connectivity index (χ1n) is 5.34. The highest BCUT2D eigenvalue weighted by Gasteiger charge is 2.45. The minimum absolute atomic E-state index is 0.120. The monoisotopic (exact) mass is 270 g/mol. The summed E-state index contributed by atoms with van der Waals surface area (Å²) in [7, 11) is 1.74. The van der Waals surface area contributed by atoms with Crippen LogP contribution >= 0.6 is 10.7 Å². The molecule has 1 fully saturated rings. The van der Waals surface area contributed by atoms with Crippen LogP contribution in [0.1, 0.15) is 25.5 Å². The zero-order chi connectivity index (χ0) is 12.3. The molecule has 0 saturated heterocycles. The topological polar surface area (TPSA) is 51.4 Å². The first-order valence-corrected chi connectivity index (χ1v) is 7.65. The Labute approximate surface area is 104 Å². The zero-order valence-corrected chi connectivity index (χ0v) is 10.8. The molecule has 2 aromatic heterocycles. The van der Waals surface area contributed by atoms with E-state index in [2.05, 4.69) is 4.98 Å². The number of pyridine rings is 1. The van der Waals surface area contributed by atoms with E-state index in [1.54, 1.807) is 22.7 Å². The molecule has 0 unspecified atom stereocenters. The van der Waals surface area contributed by atoms with E-state index in [4.69, 9.17) is 10.7 Å². The minimum Gasteiger partial charge on any atom is -0.289 e. The van der Waals surface area contributed by atoms with Crippen LogP contribution in [0.3, 0.4) is 0 Å². The maximum absolute atomic E-state index is 11.7. The Bertz CT molecular complexity index is 701. The van der Waals surface area contributed by atoms with E-state index in [0.717, 1.165) is 12.8 Å². The van der Waals surface area contributed by atoms with Crippen molar-refractivity contribution in [3.63, 3.8) is 0 Å². The molecule has 0 atom stereocenters. The molecule has 0 amide bonds. The molecule has 6 heteroatoms. The van der Waals surface area contributed by atoms with E-state index in [-0.39, 0.29) is 10.4 Å². The Hall–Kier alpha value is -1.07. The lowest BCUT2D eigenvalue weighted by Crippen LogP contribution is -2.08. The van der Waals surface area contributed by atoms with Crippen molar-refractivity contribution < 1.29 is 8.42 Å². The fourth-order valence-corrected chi connectivity index (χ4v) is 3.38. The maximum atomic E-state index is 11.7. The fourth-order valence-electron chi connectivity index (χ4n) is 2.02. The van der Waals surface area contributed by atoms with Crippen molar-refractivity contribution in [2.24, 2.45) is 0 Å². The predicted octanol–water partition coefficient (Wildman–Crippen LogP) is 2.31. The van der Waals surface area contributed by atoms with Crippen LogP contribution in [-0.4, -0.2) is 17.8 Å². The maximum Gasteiger partial charge on any atom is 0.279 e. The fraction of sp³-hybridized carbons (Fsp3) is 0.364. The van der Waals surface area contributed by atoms with E-state index in [1.165, 1.54) is 0 Å². The number of halogens is 1. The molecule has 0 aromatic carbocycles. The summed E-state index contributed by atoms with van der Waals surface area (Å²) in [4.78, 5) is 4.41. The number of rotatable bonds is 2. The van der Waals surface area contributed by atoms with Gasteiger partial charge in [-0.25, -0.2) is 13.4 Å². The van der Waals surface area contributed by atoms with Crippen molar-refractivity contribution in [3.05, 3.63) is 30.1 Å². The molecule has 17 heavy (non-hydrogen) atoms. The summed E-state index contributed by atoms with van der Waals surface area (Å²) in [5.41, 5.74) is 1.08. The Morgan fingerprint density at radius 2 is 2.12 bits per heavy atom. The number of imidazole rings is 1. The summed E-state index contributed by atoms with van der Waals surface area (Å²) in [6.07, 6.45) is 3.58. The van der Waals surface area contributed by atoms with Crippen molar-refractivity contribution >= 4 is 25.4 Å². The largest absolute Gasteiger partial charge is 0.289 e. The Balaban J connectivity index is 2.42. The lowest BCUT2D eigenvalue weighted by atomic mass is 10.1. The number of nitrogens with zero attached hydrogens (tertiary/aromatic N) is 2. The third kappa shape index (κ3) is 1.65. The normalized spacial score (nSPS) is 18.5. The molecular weight excluding hydrogens is 260 g/mol. The average Bonchev–Trinajstić information content (AvgIpc) is 2.87. The van der Waals surface area contributed by atoms with Gasteiger partial charge >= 0.3 is 0 Å². The third-order valence-corrected chi connectivity index (χ3v) is 4.58. The standard InChI is InChI=1S/C11H11ClN2O2S/c1-11(5-6-11)9-10(17(12,15)16)14-7-3-2-4-8(14)13-9/h2-4,7H,5-6H2,1H3. The van der Waals surface area contributed by atoms with Gasteiger partial charge in [-0.15, -0.1) is 0 Å². The second-order valence-electron chi connectivity index (χ2n) is 4.69. The highest BCUT2D eigenvalue weighted by molar-refractivity contribution is 8.13. The van der Waals surface area contributed by atoms with Gasteiger partial charge in [0.2, 0.25) is 0 Å². The van der Waals surface area contributed by atoms with E-state index in [0.29, 0.717) is 11.3 Å². The van der Waals surface area contributed by atoms with Crippen LogP contribution < -0.4 is 0 Å². The smallest absolute Gasteiger partial charge is 0.279 e. The van der Waals surface area contributed by atoms with Gasteiger partial charge in [0.25, 0.3) is 9.05 Å². The molecule has 90 valence electrons. The van der Waals surface area contributed by atoms with Crippen LogP contribution in [-0.2, 0) is 14.5 Å². The van der Waals surface area contributed by atoms with Crippen molar-refractivity contribution in [2.75, 3.05) is 0 Å². The molecule has 1 aliphatic carbocycles. The Morgan fingerprint density at radius 3 is 2.71 bits per heavy atom. The van der Waals surface area contributed by atoms with Gasteiger partial charge in [0.05, 0.1) is 5.69 Å². The number of fused-ring (bicyclic) bond motifs is 1. The molecule has 3 rings (SSSR count). The highest BCUT2D eigenvalue weighted by Crippen LogP contribution is 2.49. The molecule has 1 aliphatic rings. The van der Waals surface area contributed by atoms with Crippen LogP contribution in [0.2, 0.25) is 0 Å². The molecule has 2 aromatic rings. The van der Waals surface area contributed by atoms with Gasteiger partial charge in [0.1, 0.15) is 5.65 Å². The molecule has 2 heterocycles. The number of hydrogen-bond donors (Lipinski definition) is 0. The first-order chi connectivity index (χ1) is 7.92. The number of aromatic nitrogens is 2. The van der Waals surface area contributed by atoms with Crippen LogP contribution in [0.15, 0.2) is 29.4 Å². The van der Waals surface area contributed by atoms with Crippen molar-refractivity contribution in [2.45, 2.75) is 30.2 Å². The van der Waals surface area contributed by atoms with Crippen LogP contribution in [0.4, 0.5) is 0 Å². The van der Waals surface area contributed by atoms with E-state index < -0.39 is 9.05 Å². The van der Waals surface area contributed by atoms with Crippen molar-refractivity contribution in [1.29, 1.82) is 0 Å². The van der Waals surface area contributed by atoms with Crippen LogP contribution in [0, 0.1) is 0 Å². The molecule has 1 saturated carbocycles. The summed E-state index contributed by atoms with van der Waals surface area (Å²) >= 11 is 0. The summed E-state index contributed by atoms with van der Waals surface area (Å²) in [6, 6.07) is 5.37. The lowest BCUT2D eigenvalue weighted by Gasteiger charge is -2.06. The summed E-state index contributed by atoms with van der Waals surface area (Å²) < 4.78 is 25.0. The van der Waals surface area contributed by atoms with E-state index >= 15 is 0 Å². The third-order valence-electron chi connectivity index (χ3n) is 3.29. The lowest BCUT2D eigenvalue weighted by molar-refractivity contribution is 0.599. The Morgan fingerprint density at radius 1 is 1.41 bits per heavy atom. The SMILES string of the molecule is CC1(c2nc3ccccn3c2S(=O)(=O)Cl)CC1. The second-order valence-corrected chi connectivity index (χ2v) is 7.17. The van der Waals surface area contributed by atoms with Gasteiger partial charge in [0.15, 0.2) is 5.03 Å². The first kappa shape index (κ1) is 11.0. The number of hydrogen-bond acceptors (Lipinski definition) is 3. The van der Waals surface area contributed by atoms with E-state index in [9.17, 15) is 8.42 Å². The van der Waals surface area contributed by atoms with Crippen LogP contribution in [0.5, 0.6) is 0 Å². The van der Waals surface area contributed by atoms with Gasteiger partial charge in [-0.05, 0) is 25.0 Å². The summed E-state index contributed by atoms with van der Waals surface area (Å²) in [5.74, 6) is 0. The molecule has 0 radical (unpaired) electrons. The van der Waals surface area contributed by atoms with Crippen LogP contribution in [0.25, 0.3) is 5.65 Å². The van der Waals surface area contributed by atoms with Crippen molar-refractivity contribution in [1.82, 2.24) is 9.38 Å².